The SMILES string of the molecule is CC[C@H]1CN(C(C(=O)N(C)C(C)C)c2ccc(C(F)(F)F)cc2)[C@H](CC)CN1c1nc(=O)n(C)c2ccc(C#N)nc12. The Hall–Kier alpha value is -3.98. The van der Waals surface area contributed by atoms with E-state index in [0.717, 1.165) is 12.1 Å². The number of aromatic nitrogens is 3. The van der Waals surface area contributed by atoms with Crippen LogP contribution < -0.4 is 10.6 Å². The quantitative estimate of drug-likeness (QED) is 0.404. The number of amides is 1. The fraction of sp³-hybridized carbons (Fsp3) is 0.500. The highest BCUT2D eigenvalue weighted by atomic mass is 19.4. The number of fused-ring (bicyclic) bond motifs is 1. The molecular formula is C30H36F3N7O2. The van der Waals surface area contributed by atoms with E-state index >= 15 is 0 Å². The number of pyridine rings is 1. The summed E-state index contributed by atoms with van der Waals surface area (Å²) in [6.07, 6.45) is -3.22. The molecule has 12 heteroatoms. The molecule has 1 amide bonds. The zero-order valence-corrected chi connectivity index (χ0v) is 24.7. The van der Waals surface area contributed by atoms with Gasteiger partial charge in [-0.1, -0.05) is 26.0 Å². The van der Waals surface area contributed by atoms with Crippen LogP contribution in [0.25, 0.3) is 11.0 Å². The Kier molecular flexibility index (Phi) is 8.92. The second-order valence-electron chi connectivity index (χ2n) is 11.0. The summed E-state index contributed by atoms with van der Waals surface area (Å²) in [7, 11) is 3.30. The third kappa shape index (κ3) is 5.83. The minimum atomic E-state index is -4.49. The molecular weight excluding hydrogens is 547 g/mol. The topological polar surface area (TPSA) is 98.4 Å². The van der Waals surface area contributed by atoms with Crippen LogP contribution in [0.5, 0.6) is 0 Å². The standard InChI is InChI=1S/C30H36F3N7O2/c1-7-22-17-40(27-25-24(38(6)29(42)36-27)14-13-21(15-34)35-25)23(8-2)16-39(22)26(28(41)37(5)18(3)4)19-9-11-20(12-10-19)30(31,32)33/h9-14,18,22-23,26H,7-8,16-17H2,1-6H3/t22-,23+,26?/m1/s1. The number of anilines is 1. The minimum Gasteiger partial charge on any atom is -0.349 e. The molecule has 0 saturated carbocycles. The highest BCUT2D eigenvalue weighted by molar-refractivity contribution is 5.87. The van der Waals surface area contributed by atoms with Gasteiger partial charge in [0.1, 0.15) is 23.3 Å². The molecule has 1 saturated heterocycles. The van der Waals surface area contributed by atoms with E-state index in [1.165, 1.54) is 16.7 Å². The van der Waals surface area contributed by atoms with Crippen molar-refractivity contribution >= 4 is 22.8 Å². The molecule has 0 radical (unpaired) electrons. The van der Waals surface area contributed by atoms with Gasteiger partial charge < -0.3 is 9.80 Å². The number of nitrogens with zero attached hydrogens (tertiary/aromatic N) is 7. The number of benzene rings is 1. The molecule has 0 bridgehead atoms. The lowest BCUT2D eigenvalue weighted by molar-refractivity contribution is -0.139. The highest BCUT2D eigenvalue weighted by Crippen LogP contribution is 2.36. The molecule has 1 aromatic carbocycles. The van der Waals surface area contributed by atoms with Gasteiger partial charge >= 0.3 is 11.9 Å². The number of nitriles is 1. The molecule has 1 aliphatic rings. The molecule has 3 atom stereocenters. The van der Waals surface area contributed by atoms with Crippen molar-refractivity contribution in [1.29, 1.82) is 5.26 Å². The number of alkyl halides is 3. The van der Waals surface area contributed by atoms with Crippen LogP contribution in [0.3, 0.4) is 0 Å². The van der Waals surface area contributed by atoms with Gasteiger partial charge in [-0.25, -0.2) is 9.78 Å². The number of hydrogen-bond acceptors (Lipinski definition) is 7. The van der Waals surface area contributed by atoms with Crippen molar-refractivity contribution in [1.82, 2.24) is 24.3 Å². The normalized spacial score (nSPS) is 18.7. The van der Waals surface area contributed by atoms with Crippen LogP contribution in [0.4, 0.5) is 19.0 Å². The van der Waals surface area contributed by atoms with Crippen molar-refractivity contribution in [3.63, 3.8) is 0 Å². The van der Waals surface area contributed by atoms with Gasteiger partial charge in [0.25, 0.3) is 0 Å². The van der Waals surface area contributed by atoms with E-state index in [2.05, 4.69) is 14.9 Å². The Bertz CT molecular complexity index is 1550. The first-order valence-corrected chi connectivity index (χ1v) is 14.1. The van der Waals surface area contributed by atoms with Gasteiger partial charge in [-0.05, 0) is 56.5 Å². The second-order valence-corrected chi connectivity index (χ2v) is 11.0. The summed E-state index contributed by atoms with van der Waals surface area (Å²) in [4.78, 5) is 41.4. The first kappa shape index (κ1) is 31.0. The van der Waals surface area contributed by atoms with Crippen molar-refractivity contribution in [3.8, 4) is 6.07 Å². The average molecular weight is 584 g/mol. The van der Waals surface area contributed by atoms with E-state index in [-0.39, 0.29) is 29.7 Å². The first-order valence-electron chi connectivity index (χ1n) is 14.1. The second kappa shape index (κ2) is 12.1. The number of carbonyl (C=O) groups excluding carboxylic acids is 1. The van der Waals surface area contributed by atoms with Crippen LogP contribution in [0.15, 0.2) is 41.2 Å². The lowest BCUT2D eigenvalue weighted by Crippen LogP contribution is -2.61. The third-order valence-corrected chi connectivity index (χ3v) is 8.25. The van der Waals surface area contributed by atoms with E-state index in [1.807, 2.05) is 38.7 Å². The van der Waals surface area contributed by atoms with Gasteiger partial charge in [0.2, 0.25) is 5.91 Å². The Morgan fingerprint density at radius 3 is 2.26 bits per heavy atom. The van der Waals surface area contributed by atoms with Crippen molar-refractivity contribution in [3.05, 3.63) is 63.7 Å². The number of halogens is 3. The summed E-state index contributed by atoms with van der Waals surface area (Å²) in [5.41, 5.74) is 0.447. The number of carbonyl (C=O) groups is 1. The summed E-state index contributed by atoms with van der Waals surface area (Å²) < 4.78 is 41.5. The van der Waals surface area contributed by atoms with E-state index in [0.29, 0.717) is 48.3 Å². The summed E-state index contributed by atoms with van der Waals surface area (Å²) in [6.45, 7) is 8.56. The molecule has 0 spiro atoms. The van der Waals surface area contributed by atoms with Crippen LogP contribution in [0, 0.1) is 11.3 Å². The molecule has 2 aromatic heterocycles. The minimum absolute atomic E-state index is 0.116. The lowest BCUT2D eigenvalue weighted by Gasteiger charge is -2.49. The zero-order valence-electron chi connectivity index (χ0n) is 24.7. The van der Waals surface area contributed by atoms with Gasteiger partial charge in [0.15, 0.2) is 5.82 Å². The Labute approximate surface area is 243 Å². The van der Waals surface area contributed by atoms with Crippen molar-refractivity contribution in [2.45, 2.75) is 70.9 Å². The predicted octanol–water partition coefficient (Wildman–Crippen LogP) is 4.51. The summed E-state index contributed by atoms with van der Waals surface area (Å²) in [5, 5.41) is 9.48. The van der Waals surface area contributed by atoms with Gasteiger partial charge in [0.05, 0.1) is 11.1 Å². The largest absolute Gasteiger partial charge is 0.416 e. The van der Waals surface area contributed by atoms with Gasteiger partial charge in [-0.3, -0.25) is 14.3 Å². The fourth-order valence-corrected chi connectivity index (χ4v) is 5.51. The predicted molar refractivity (Wildman–Crippen MR) is 154 cm³/mol. The van der Waals surface area contributed by atoms with Crippen LogP contribution in [-0.2, 0) is 18.0 Å². The Morgan fingerprint density at radius 1 is 1.07 bits per heavy atom. The maximum atomic E-state index is 14.0. The van der Waals surface area contributed by atoms with Crippen molar-refractivity contribution < 1.29 is 18.0 Å². The monoisotopic (exact) mass is 583 g/mol. The van der Waals surface area contributed by atoms with Crippen LogP contribution >= 0.6 is 0 Å². The molecule has 224 valence electrons. The Morgan fingerprint density at radius 2 is 1.71 bits per heavy atom. The molecule has 4 rings (SSSR count). The van der Waals surface area contributed by atoms with E-state index in [9.17, 15) is 28.0 Å². The summed E-state index contributed by atoms with van der Waals surface area (Å²) in [5.74, 6) is 0.177. The van der Waals surface area contributed by atoms with Crippen LogP contribution in [0.2, 0.25) is 0 Å². The average Bonchev–Trinajstić information content (AvgIpc) is 2.97. The van der Waals surface area contributed by atoms with Gasteiger partial charge in [0, 0.05) is 45.3 Å². The fourth-order valence-electron chi connectivity index (χ4n) is 5.51. The zero-order chi connectivity index (χ0) is 30.9. The summed E-state index contributed by atoms with van der Waals surface area (Å²) in [6, 6.07) is 8.79. The third-order valence-electron chi connectivity index (χ3n) is 8.25. The molecule has 0 aliphatic carbocycles. The van der Waals surface area contributed by atoms with E-state index in [1.54, 1.807) is 31.1 Å². The Balaban J connectivity index is 1.81. The number of piperazine rings is 1. The first-order chi connectivity index (χ1) is 19.8. The molecule has 1 unspecified atom stereocenters. The molecule has 3 aromatic rings. The lowest BCUT2D eigenvalue weighted by atomic mass is 9.94. The molecule has 42 heavy (non-hydrogen) atoms. The smallest absolute Gasteiger partial charge is 0.349 e. The molecule has 0 N–H and O–H groups in total. The van der Waals surface area contributed by atoms with Crippen LogP contribution in [0.1, 0.15) is 63.4 Å². The van der Waals surface area contributed by atoms with E-state index < -0.39 is 23.5 Å². The van der Waals surface area contributed by atoms with Crippen molar-refractivity contribution in [2.75, 3.05) is 25.0 Å². The van der Waals surface area contributed by atoms with E-state index in [4.69, 9.17) is 0 Å². The van der Waals surface area contributed by atoms with Gasteiger partial charge in [-0.15, -0.1) is 0 Å². The van der Waals surface area contributed by atoms with Crippen LogP contribution in [-0.4, -0.2) is 68.5 Å². The number of likely N-dealkylation sites (N-methyl/N-ethyl adjacent to an activating group) is 1. The maximum Gasteiger partial charge on any atom is 0.416 e. The summed E-state index contributed by atoms with van der Waals surface area (Å²) >= 11 is 0. The van der Waals surface area contributed by atoms with Gasteiger partial charge in [-0.2, -0.15) is 23.4 Å². The number of rotatable bonds is 7. The molecule has 1 fully saturated rings. The number of hydrogen-bond donors (Lipinski definition) is 0. The number of aryl methyl sites for hydroxylation is 1. The maximum absolute atomic E-state index is 14.0. The molecule has 9 nitrogen and oxygen atoms in total. The molecule has 1 aliphatic heterocycles. The highest BCUT2D eigenvalue weighted by Gasteiger charge is 2.42. The van der Waals surface area contributed by atoms with Crippen molar-refractivity contribution in [2.24, 2.45) is 7.05 Å². The molecule has 3 heterocycles.